The number of morpholine rings is 1. The van der Waals surface area contributed by atoms with Gasteiger partial charge in [0.05, 0.1) is 17.6 Å². The lowest BCUT2D eigenvalue weighted by atomic mass is 10.0. The molecule has 0 unspecified atom stereocenters. The standard InChI is InChI=1S/C17H25FN2O3S/c1-11(2)17-9-20-8-13(6-14(20)10-23-17)19-24(21,22)15-5-4-12(3)16(18)7-15/h4-5,7,11,13-14,17,19H,6,8-10H2,1-3H3/t13-,14-,17-/m0/s1. The zero-order chi connectivity index (χ0) is 17.5. The first-order chi connectivity index (χ1) is 11.3. The molecule has 0 saturated carbocycles. The molecule has 1 N–H and O–H groups in total. The van der Waals surface area contributed by atoms with E-state index in [1.807, 2.05) is 0 Å². The molecule has 0 radical (unpaired) electrons. The van der Waals surface area contributed by atoms with E-state index < -0.39 is 15.8 Å². The van der Waals surface area contributed by atoms with E-state index in [2.05, 4.69) is 23.5 Å². The van der Waals surface area contributed by atoms with Crippen molar-refractivity contribution in [3.63, 3.8) is 0 Å². The van der Waals surface area contributed by atoms with Crippen LogP contribution in [0.5, 0.6) is 0 Å². The molecule has 7 heteroatoms. The monoisotopic (exact) mass is 356 g/mol. The Bertz CT molecular complexity index is 708. The van der Waals surface area contributed by atoms with Crippen LogP contribution in [0.1, 0.15) is 25.8 Å². The molecule has 1 aromatic carbocycles. The van der Waals surface area contributed by atoms with Crippen LogP contribution in [0.15, 0.2) is 23.1 Å². The van der Waals surface area contributed by atoms with Crippen molar-refractivity contribution in [1.82, 2.24) is 9.62 Å². The first-order valence-electron chi connectivity index (χ1n) is 8.40. The van der Waals surface area contributed by atoms with E-state index in [0.717, 1.165) is 19.0 Å². The zero-order valence-electron chi connectivity index (χ0n) is 14.3. The second-order valence-electron chi connectivity index (χ2n) is 7.19. The lowest BCUT2D eigenvalue weighted by Gasteiger charge is -2.36. The number of aryl methyl sites for hydroxylation is 1. The van der Waals surface area contributed by atoms with Gasteiger partial charge < -0.3 is 4.74 Å². The SMILES string of the molecule is Cc1ccc(S(=O)(=O)N[C@H]2C[C@H]3CO[C@H](C(C)C)CN3C2)cc1F. The second-order valence-corrected chi connectivity index (χ2v) is 8.90. The molecule has 0 spiro atoms. The van der Waals surface area contributed by atoms with Gasteiger partial charge in [0.2, 0.25) is 10.0 Å². The molecule has 5 nitrogen and oxygen atoms in total. The molecular formula is C17H25FN2O3S. The Balaban J connectivity index is 1.67. The van der Waals surface area contributed by atoms with Crippen LogP contribution in [0.3, 0.4) is 0 Å². The smallest absolute Gasteiger partial charge is 0.240 e. The van der Waals surface area contributed by atoms with Crippen LogP contribution in [-0.4, -0.2) is 51.2 Å². The lowest BCUT2D eigenvalue weighted by molar-refractivity contribution is -0.0683. The summed E-state index contributed by atoms with van der Waals surface area (Å²) in [7, 11) is -3.71. The topological polar surface area (TPSA) is 58.6 Å². The number of fused-ring (bicyclic) bond motifs is 1. The summed E-state index contributed by atoms with van der Waals surface area (Å²) in [6.07, 6.45) is 0.918. The van der Waals surface area contributed by atoms with Crippen LogP contribution in [0.4, 0.5) is 4.39 Å². The highest BCUT2D eigenvalue weighted by molar-refractivity contribution is 7.89. The Morgan fingerprint density at radius 2 is 2.08 bits per heavy atom. The quantitative estimate of drug-likeness (QED) is 0.895. The van der Waals surface area contributed by atoms with E-state index in [-0.39, 0.29) is 23.1 Å². The third-order valence-electron chi connectivity index (χ3n) is 4.96. The summed E-state index contributed by atoms with van der Waals surface area (Å²) in [5.74, 6) is -0.0629. The van der Waals surface area contributed by atoms with E-state index >= 15 is 0 Å². The molecular weight excluding hydrogens is 331 g/mol. The number of halogens is 1. The molecule has 24 heavy (non-hydrogen) atoms. The first-order valence-corrected chi connectivity index (χ1v) is 9.88. The molecule has 3 atom stereocenters. The highest BCUT2D eigenvalue weighted by atomic mass is 32.2. The molecule has 0 aliphatic carbocycles. The van der Waals surface area contributed by atoms with Crippen molar-refractivity contribution in [2.45, 2.75) is 50.3 Å². The number of ether oxygens (including phenoxy) is 1. The minimum atomic E-state index is -3.71. The van der Waals surface area contributed by atoms with Gasteiger partial charge in [-0.15, -0.1) is 0 Å². The Kier molecular flexibility index (Phi) is 4.97. The predicted octanol–water partition coefficient (Wildman–Crippen LogP) is 1.91. The van der Waals surface area contributed by atoms with Crippen molar-refractivity contribution in [3.05, 3.63) is 29.6 Å². The summed E-state index contributed by atoms with van der Waals surface area (Å²) in [5, 5.41) is 0. The minimum Gasteiger partial charge on any atom is -0.375 e. The average Bonchev–Trinajstić information content (AvgIpc) is 2.90. The van der Waals surface area contributed by atoms with Crippen LogP contribution in [0, 0.1) is 18.7 Å². The molecule has 0 bridgehead atoms. The highest BCUT2D eigenvalue weighted by Crippen LogP contribution is 2.27. The number of rotatable bonds is 4. The molecule has 2 aliphatic rings. The third kappa shape index (κ3) is 3.64. The van der Waals surface area contributed by atoms with Gasteiger partial charge in [-0.3, -0.25) is 4.90 Å². The van der Waals surface area contributed by atoms with Crippen molar-refractivity contribution in [1.29, 1.82) is 0 Å². The van der Waals surface area contributed by atoms with E-state index in [1.54, 1.807) is 6.92 Å². The van der Waals surface area contributed by atoms with Crippen molar-refractivity contribution in [2.75, 3.05) is 19.7 Å². The van der Waals surface area contributed by atoms with E-state index in [4.69, 9.17) is 4.74 Å². The van der Waals surface area contributed by atoms with Crippen LogP contribution < -0.4 is 4.72 Å². The van der Waals surface area contributed by atoms with Gasteiger partial charge in [0.1, 0.15) is 5.82 Å². The van der Waals surface area contributed by atoms with E-state index in [1.165, 1.54) is 12.1 Å². The van der Waals surface area contributed by atoms with Gasteiger partial charge in [0.15, 0.2) is 0 Å². The summed E-state index contributed by atoms with van der Waals surface area (Å²) >= 11 is 0. The molecule has 2 heterocycles. The predicted molar refractivity (Wildman–Crippen MR) is 89.8 cm³/mol. The average molecular weight is 356 g/mol. The number of sulfonamides is 1. The summed E-state index contributed by atoms with van der Waals surface area (Å²) in [4.78, 5) is 2.28. The van der Waals surface area contributed by atoms with Gasteiger partial charge in [-0.2, -0.15) is 0 Å². The number of benzene rings is 1. The van der Waals surface area contributed by atoms with E-state index in [0.29, 0.717) is 24.6 Å². The van der Waals surface area contributed by atoms with Gasteiger partial charge in [0.25, 0.3) is 0 Å². The van der Waals surface area contributed by atoms with Crippen molar-refractivity contribution < 1.29 is 17.5 Å². The maximum absolute atomic E-state index is 13.7. The van der Waals surface area contributed by atoms with Crippen molar-refractivity contribution in [2.24, 2.45) is 5.92 Å². The maximum atomic E-state index is 13.7. The molecule has 2 fully saturated rings. The summed E-state index contributed by atoms with van der Waals surface area (Å²) in [6.45, 7) is 8.02. The number of nitrogens with zero attached hydrogens (tertiary/aromatic N) is 1. The van der Waals surface area contributed by atoms with Crippen molar-refractivity contribution >= 4 is 10.0 Å². The Morgan fingerprint density at radius 1 is 1.33 bits per heavy atom. The summed E-state index contributed by atoms with van der Waals surface area (Å²) < 4.78 is 47.3. The first kappa shape index (κ1) is 17.8. The number of nitrogens with one attached hydrogen (secondary N) is 1. The van der Waals surface area contributed by atoms with E-state index in [9.17, 15) is 12.8 Å². The van der Waals surface area contributed by atoms with Crippen LogP contribution in [0.2, 0.25) is 0 Å². The third-order valence-corrected chi connectivity index (χ3v) is 6.48. The minimum absolute atomic E-state index is 0.0215. The van der Waals surface area contributed by atoms with Crippen LogP contribution >= 0.6 is 0 Å². The Labute approximate surface area is 143 Å². The normalized spacial score (nSPS) is 28.3. The van der Waals surface area contributed by atoms with Crippen LogP contribution in [-0.2, 0) is 14.8 Å². The summed E-state index contributed by atoms with van der Waals surface area (Å²) in [5.41, 5.74) is 0.434. The largest absolute Gasteiger partial charge is 0.375 e. The Hall–Kier alpha value is -1.02. The van der Waals surface area contributed by atoms with Gasteiger partial charge in [0, 0.05) is 25.2 Å². The Morgan fingerprint density at radius 3 is 2.75 bits per heavy atom. The van der Waals surface area contributed by atoms with Gasteiger partial charge in [-0.25, -0.2) is 17.5 Å². The van der Waals surface area contributed by atoms with Gasteiger partial charge in [-0.1, -0.05) is 19.9 Å². The molecule has 0 amide bonds. The highest BCUT2D eigenvalue weighted by Gasteiger charge is 2.39. The fraction of sp³-hybridized carbons (Fsp3) is 0.647. The molecule has 0 aromatic heterocycles. The van der Waals surface area contributed by atoms with Gasteiger partial charge in [-0.05, 0) is 37.0 Å². The zero-order valence-corrected chi connectivity index (χ0v) is 15.1. The van der Waals surface area contributed by atoms with Gasteiger partial charge >= 0.3 is 0 Å². The fourth-order valence-corrected chi connectivity index (χ4v) is 4.67. The molecule has 1 aromatic rings. The maximum Gasteiger partial charge on any atom is 0.240 e. The fourth-order valence-electron chi connectivity index (χ4n) is 3.42. The number of hydrogen-bond donors (Lipinski definition) is 1. The number of hydrogen-bond acceptors (Lipinski definition) is 4. The van der Waals surface area contributed by atoms with Crippen LogP contribution in [0.25, 0.3) is 0 Å². The molecule has 3 rings (SSSR count). The second kappa shape index (κ2) is 6.71. The molecule has 2 saturated heterocycles. The molecule has 134 valence electrons. The summed E-state index contributed by atoms with van der Waals surface area (Å²) in [6, 6.07) is 4.10. The lowest BCUT2D eigenvalue weighted by Crippen LogP contribution is -2.48. The van der Waals surface area contributed by atoms with Crippen molar-refractivity contribution in [3.8, 4) is 0 Å². The molecule has 2 aliphatic heterocycles.